The van der Waals surface area contributed by atoms with Gasteiger partial charge in [0, 0.05) is 32.1 Å². The lowest BCUT2D eigenvalue weighted by molar-refractivity contribution is -0.132. The molecule has 0 aromatic heterocycles. The van der Waals surface area contributed by atoms with Gasteiger partial charge < -0.3 is 9.64 Å². The van der Waals surface area contributed by atoms with Crippen LogP contribution in [0.25, 0.3) is 0 Å². The van der Waals surface area contributed by atoms with Crippen LogP contribution in [0.2, 0.25) is 0 Å². The molecule has 7 heteroatoms. The summed E-state index contributed by atoms with van der Waals surface area (Å²) in [6.07, 6.45) is 5.22. The number of likely N-dealkylation sites (tertiary alicyclic amines) is 1. The molecule has 0 N–H and O–H groups in total. The highest BCUT2D eigenvalue weighted by Gasteiger charge is 2.28. The van der Waals surface area contributed by atoms with Crippen LogP contribution in [0.15, 0.2) is 59.5 Å². The van der Waals surface area contributed by atoms with Crippen molar-refractivity contribution in [3.8, 4) is 0 Å². The van der Waals surface area contributed by atoms with Crippen LogP contribution in [0.3, 0.4) is 0 Å². The highest BCUT2D eigenvalue weighted by molar-refractivity contribution is 7.89. The highest BCUT2D eigenvalue weighted by Crippen LogP contribution is 2.24. The molecule has 0 bridgehead atoms. The van der Waals surface area contributed by atoms with Crippen molar-refractivity contribution >= 4 is 15.9 Å². The first-order valence-corrected chi connectivity index (χ1v) is 13.0. The molecule has 1 atom stereocenters. The topological polar surface area (TPSA) is 66.9 Å². The van der Waals surface area contributed by atoms with E-state index in [9.17, 15) is 13.2 Å². The number of carbonyl (C=O) groups excluding carboxylic acids is 1. The van der Waals surface area contributed by atoms with E-state index in [2.05, 4.69) is 29.2 Å². The molecule has 2 saturated heterocycles. The van der Waals surface area contributed by atoms with Crippen molar-refractivity contribution in [3.05, 3.63) is 65.7 Å². The van der Waals surface area contributed by atoms with Crippen molar-refractivity contribution in [2.24, 2.45) is 0 Å². The second-order valence-corrected chi connectivity index (χ2v) is 10.5. The van der Waals surface area contributed by atoms with Gasteiger partial charge in [0.2, 0.25) is 15.9 Å². The lowest BCUT2D eigenvalue weighted by Gasteiger charge is -2.26. The van der Waals surface area contributed by atoms with E-state index in [1.807, 2.05) is 18.2 Å². The zero-order valence-electron chi connectivity index (χ0n) is 18.5. The Bertz CT molecular complexity index is 986. The van der Waals surface area contributed by atoms with Crippen LogP contribution < -0.4 is 0 Å². The SMILES string of the molecule is O=C(CCc1ccc(S(=O)(=O)N2CCOCC2)cc1)N1CCCC1CCc1ccccc1. The van der Waals surface area contributed by atoms with E-state index >= 15 is 0 Å². The van der Waals surface area contributed by atoms with Crippen molar-refractivity contribution < 1.29 is 17.9 Å². The van der Waals surface area contributed by atoms with E-state index in [0.29, 0.717) is 50.1 Å². The Morgan fingerprint density at radius 3 is 2.31 bits per heavy atom. The van der Waals surface area contributed by atoms with Crippen molar-refractivity contribution in [1.82, 2.24) is 9.21 Å². The zero-order valence-corrected chi connectivity index (χ0v) is 19.3. The van der Waals surface area contributed by atoms with Crippen molar-refractivity contribution in [1.29, 1.82) is 0 Å². The van der Waals surface area contributed by atoms with E-state index in [4.69, 9.17) is 4.74 Å². The molecule has 4 rings (SSSR count). The van der Waals surface area contributed by atoms with Crippen LogP contribution in [-0.2, 0) is 32.4 Å². The Morgan fingerprint density at radius 2 is 1.59 bits per heavy atom. The molecule has 1 unspecified atom stereocenters. The maximum Gasteiger partial charge on any atom is 0.243 e. The summed E-state index contributed by atoms with van der Waals surface area (Å²) < 4.78 is 32.2. The summed E-state index contributed by atoms with van der Waals surface area (Å²) in [4.78, 5) is 15.2. The van der Waals surface area contributed by atoms with Gasteiger partial charge in [-0.25, -0.2) is 8.42 Å². The summed E-state index contributed by atoms with van der Waals surface area (Å²) in [5.41, 5.74) is 2.30. The summed E-state index contributed by atoms with van der Waals surface area (Å²) in [5, 5.41) is 0. The largest absolute Gasteiger partial charge is 0.379 e. The van der Waals surface area contributed by atoms with E-state index < -0.39 is 10.0 Å². The Hall–Kier alpha value is -2.22. The fraction of sp³-hybridized carbons (Fsp3) is 0.480. The van der Waals surface area contributed by atoms with Crippen LogP contribution in [0, 0.1) is 0 Å². The van der Waals surface area contributed by atoms with Gasteiger partial charge in [-0.2, -0.15) is 4.31 Å². The monoisotopic (exact) mass is 456 g/mol. The molecule has 2 aliphatic rings. The fourth-order valence-electron chi connectivity index (χ4n) is 4.60. The van der Waals surface area contributed by atoms with Gasteiger partial charge in [-0.1, -0.05) is 42.5 Å². The molecular weight excluding hydrogens is 424 g/mol. The molecule has 0 spiro atoms. The molecular formula is C25H32N2O4S. The van der Waals surface area contributed by atoms with Crippen molar-refractivity contribution in [3.63, 3.8) is 0 Å². The predicted octanol–water partition coefficient (Wildman–Crippen LogP) is 3.26. The van der Waals surface area contributed by atoms with E-state index in [-0.39, 0.29) is 5.91 Å². The van der Waals surface area contributed by atoms with Crippen LogP contribution in [0.4, 0.5) is 0 Å². The van der Waals surface area contributed by atoms with Crippen molar-refractivity contribution in [2.45, 2.75) is 49.5 Å². The van der Waals surface area contributed by atoms with Gasteiger partial charge in [-0.15, -0.1) is 0 Å². The summed E-state index contributed by atoms with van der Waals surface area (Å²) in [6, 6.07) is 17.7. The summed E-state index contributed by atoms with van der Waals surface area (Å²) in [7, 11) is -3.48. The first kappa shape index (κ1) is 23.0. The van der Waals surface area contributed by atoms with E-state index in [1.165, 1.54) is 9.87 Å². The molecule has 2 aromatic carbocycles. The van der Waals surface area contributed by atoms with Gasteiger partial charge in [0.05, 0.1) is 18.1 Å². The Kier molecular flexibility index (Phi) is 7.60. The second-order valence-electron chi connectivity index (χ2n) is 8.57. The van der Waals surface area contributed by atoms with Gasteiger partial charge in [-0.05, 0) is 55.4 Å². The minimum absolute atomic E-state index is 0.200. The molecule has 0 radical (unpaired) electrons. The highest BCUT2D eigenvalue weighted by atomic mass is 32.2. The number of amides is 1. The summed E-state index contributed by atoms with van der Waals surface area (Å²) in [6.45, 7) is 2.49. The van der Waals surface area contributed by atoms with Gasteiger partial charge in [-0.3, -0.25) is 4.79 Å². The smallest absolute Gasteiger partial charge is 0.243 e. The minimum Gasteiger partial charge on any atom is -0.379 e. The first-order chi connectivity index (χ1) is 15.5. The molecule has 172 valence electrons. The fourth-order valence-corrected chi connectivity index (χ4v) is 6.01. The molecule has 0 saturated carbocycles. The summed E-state index contributed by atoms with van der Waals surface area (Å²) >= 11 is 0. The molecule has 2 aliphatic heterocycles. The number of rotatable bonds is 8. The number of aryl methyl sites for hydroxylation is 2. The lowest BCUT2D eigenvalue weighted by atomic mass is 10.0. The number of nitrogens with zero attached hydrogens (tertiary/aromatic N) is 2. The normalized spacial score (nSPS) is 19.9. The van der Waals surface area contributed by atoms with Crippen molar-refractivity contribution in [2.75, 3.05) is 32.8 Å². The number of hydrogen-bond acceptors (Lipinski definition) is 4. The molecule has 1 amide bonds. The third-order valence-corrected chi connectivity index (χ3v) is 8.38. The maximum absolute atomic E-state index is 12.9. The van der Waals surface area contributed by atoms with Gasteiger partial charge in [0.1, 0.15) is 0 Å². The molecule has 6 nitrogen and oxygen atoms in total. The van der Waals surface area contributed by atoms with Crippen LogP contribution in [0.5, 0.6) is 0 Å². The van der Waals surface area contributed by atoms with Crippen LogP contribution >= 0.6 is 0 Å². The number of carbonyl (C=O) groups is 1. The molecule has 32 heavy (non-hydrogen) atoms. The molecule has 0 aliphatic carbocycles. The third-order valence-electron chi connectivity index (χ3n) is 6.47. The van der Waals surface area contributed by atoms with Gasteiger partial charge in [0.25, 0.3) is 0 Å². The molecule has 2 aromatic rings. The Labute approximate surface area is 191 Å². The maximum atomic E-state index is 12.9. The number of sulfonamides is 1. The summed E-state index contributed by atoms with van der Waals surface area (Å²) in [5.74, 6) is 0.200. The van der Waals surface area contributed by atoms with E-state index in [1.54, 1.807) is 12.1 Å². The molecule has 2 fully saturated rings. The third kappa shape index (κ3) is 5.57. The average molecular weight is 457 g/mol. The standard InChI is InChI=1S/C25H32N2O4S/c28-25(27-16-4-7-23(27)12-8-21-5-2-1-3-6-21)15-11-22-9-13-24(14-10-22)32(29,30)26-17-19-31-20-18-26/h1-3,5-6,9-10,13-14,23H,4,7-8,11-12,15-20H2. The van der Waals surface area contributed by atoms with Crippen LogP contribution in [0.1, 0.15) is 36.8 Å². The number of morpholine rings is 1. The quantitative estimate of drug-likeness (QED) is 0.612. The van der Waals surface area contributed by atoms with Gasteiger partial charge >= 0.3 is 0 Å². The predicted molar refractivity (Wildman–Crippen MR) is 124 cm³/mol. The second kappa shape index (κ2) is 10.6. The lowest BCUT2D eigenvalue weighted by Crippen LogP contribution is -2.40. The minimum atomic E-state index is -3.48. The number of hydrogen-bond donors (Lipinski definition) is 0. The Morgan fingerprint density at radius 1 is 0.906 bits per heavy atom. The molecule has 2 heterocycles. The van der Waals surface area contributed by atoms with Gasteiger partial charge in [0.15, 0.2) is 0 Å². The van der Waals surface area contributed by atoms with Crippen LogP contribution in [-0.4, -0.2) is 62.4 Å². The Balaban J connectivity index is 1.29. The number of ether oxygens (including phenoxy) is 1. The first-order valence-electron chi connectivity index (χ1n) is 11.5. The number of benzene rings is 2. The van der Waals surface area contributed by atoms with E-state index in [0.717, 1.165) is 37.8 Å². The zero-order chi connectivity index (χ0) is 22.4. The average Bonchev–Trinajstić information content (AvgIpc) is 3.31.